The van der Waals surface area contributed by atoms with E-state index in [0.717, 1.165) is 6.42 Å². The monoisotopic (exact) mass is 258 g/mol. The molecule has 0 amide bonds. The van der Waals surface area contributed by atoms with Crippen LogP contribution in [0.4, 0.5) is 13.2 Å². The van der Waals surface area contributed by atoms with Crippen molar-refractivity contribution in [3.63, 3.8) is 0 Å². The topological polar surface area (TPSA) is 43.4 Å². The summed E-state index contributed by atoms with van der Waals surface area (Å²) in [4.78, 5) is 0. The summed E-state index contributed by atoms with van der Waals surface area (Å²) in [7, 11) is -5.52. The number of allylic oxidation sites excluding steroid dienone is 2. The maximum absolute atomic E-state index is 12.0. The minimum atomic E-state index is -5.52. The third-order valence-electron chi connectivity index (χ3n) is 2.35. The average Bonchev–Trinajstić information content (AvgIpc) is 1.98. The van der Waals surface area contributed by atoms with Gasteiger partial charge in [0, 0.05) is 6.42 Å². The molecular weight excluding hydrogens is 245 g/mol. The summed E-state index contributed by atoms with van der Waals surface area (Å²) in [5.74, 6) is -0.117. The molecule has 0 radical (unpaired) electrons. The number of alkyl halides is 3. The molecule has 0 fully saturated rings. The standard InChI is InChI=1S/C9H13F3O3S/c1-8(2)5-3-4-7(6-8)15-16(13,14)9(10,11)12/h4H,3,5-6H2,1-2H3. The van der Waals surface area contributed by atoms with E-state index in [1.165, 1.54) is 6.08 Å². The minimum absolute atomic E-state index is 0.117. The van der Waals surface area contributed by atoms with Crippen LogP contribution in [0.3, 0.4) is 0 Å². The summed E-state index contributed by atoms with van der Waals surface area (Å²) in [6.45, 7) is 3.70. The van der Waals surface area contributed by atoms with Crippen molar-refractivity contribution in [3.05, 3.63) is 11.8 Å². The van der Waals surface area contributed by atoms with Gasteiger partial charge in [0.25, 0.3) is 0 Å². The second kappa shape index (κ2) is 3.94. The molecule has 1 rings (SSSR count). The van der Waals surface area contributed by atoms with Crippen LogP contribution in [-0.2, 0) is 14.3 Å². The molecule has 94 valence electrons. The first kappa shape index (κ1) is 13.3. The number of hydrogen-bond acceptors (Lipinski definition) is 3. The zero-order chi connectivity index (χ0) is 12.6. The Balaban J connectivity index is 2.81. The van der Waals surface area contributed by atoms with E-state index in [-0.39, 0.29) is 17.6 Å². The molecule has 16 heavy (non-hydrogen) atoms. The van der Waals surface area contributed by atoms with Gasteiger partial charge in [-0.15, -0.1) is 0 Å². The molecule has 0 aromatic carbocycles. The van der Waals surface area contributed by atoms with Gasteiger partial charge in [-0.3, -0.25) is 0 Å². The molecule has 0 unspecified atom stereocenters. The van der Waals surface area contributed by atoms with Crippen LogP contribution in [0.15, 0.2) is 11.8 Å². The Bertz CT molecular complexity index is 393. The smallest absolute Gasteiger partial charge is 0.381 e. The molecule has 0 aromatic rings. The van der Waals surface area contributed by atoms with Crippen LogP contribution in [0.1, 0.15) is 33.1 Å². The summed E-state index contributed by atoms with van der Waals surface area (Å²) in [5.41, 5.74) is -5.60. The number of rotatable bonds is 2. The van der Waals surface area contributed by atoms with Gasteiger partial charge in [-0.25, -0.2) is 0 Å². The van der Waals surface area contributed by atoms with Crippen molar-refractivity contribution in [1.29, 1.82) is 0 Å². The second-order valence-corrected chi connectivity index (χ2v) is 6.07. The van der Waals surface area contributed by atoms with Gasteiger partial charge in [-0.2, -0.15) is 21.6 Å². The average molecular weight is 258 g/mol. The van der Waals surface area contributed by atoms with Crippen molar-refractivity contribution >= 4 is 10.1 Å². The van der Waals surface area contributed by atoms with Crippen molar-refractivity contribution in [2.75, 3.05) is 0 Å². The molecule has 1 aliphatic rings. The second-order valence-electron chi connectivity index (χ2n) is 4.53. The van der Waals surface area contributed by atoms with Crippen molar-refractivity contribution in [1.82, 2.24) is 0 Å². The lowest BCUT2D eigenvalue weighted by Crippen LogP contribution is -2.27. The van der Waals surface area contributed by atoms with Gasteiger partial charge in [0.2, 0.25) is 0 Å². The van der Waals surface area contributed by atoms with Gasteiger partial charge < -0.3 is 4.18 Å². The largest absolute Gasteiger partial charge is 0.534 e. The van der Waals surface area contributed by atoms with E-state index in [4.69, 9.17) is 0 Å². The van der Waals surface area contributed by atoms with Crippen LogP contribution in [0, 0.1) is 5.41 Å². The molecule has 3 nitrogen and oxygen atoms in total. The number of hydrogen-bond donors (Lipinski definition) is 0. The Morgan fingerprint density at radius 2 is 1.94 bits per heavy atom. The van der Waals surface area contributed by atoms with E-state index in [1.54, 1.807) is 0 Å². The molecule has 7 heteroatoms. The fraction of sp³-hybridized carbons (Fsp3) is 0.778. The van der Waals surface area contributed by atoms with Gasteiger partial charge in [-0.05, 0) is 24.3 Å². The lowest BCUT2D eigenvalue weighted by molar-refractivity contribution is -0.0527. The Morgan fingerprint density at radius 1 is 1.38 bits per heavy atom. The van der Waals surface area contributed by atoms with Crippen LogP contribution in [0.25, 0.3) is 0 Å². The Kier molecular flexibility index (Phi) is 3.29. The molecule has 0 N–H and O–H groups in total. The summed E-state index contributed by atoms with van der Waals surface area (Å²) in [6.07, 6.45) is 2.92. The highest BCUT2D eigenvalue weighted by Gasteiger charge is 2.49. The highest BCUT2D eigenvalue weighted by Crippen LogP contribution is 2.37. The van der Waals surface area contributed by atoms with Gasteiger partial charge in [0.05, 0.1) is 0 Å². The van der Waals surface area contributed by atoms with Gasteiger partial charge in [0.1, 0.15) is 5.76 Å². The van der Waals surface area contributed by atoms with E-state index in [9.17, 15) is 21.6 Å². The van der Waals surface area contributed by atoms with Crippen LogP contribution < -0.4 is 0 Å². The molecule has 0 spiro atoms. The van der Waals surface area contributed by atoms with Crippen molar-refractivity contribution < 1.29 is 25.8 Å². The molecule has 0 saturated carbocycles. The Morgan fingerprint density at radius 3 is 2.38 bits per heavy atom. The highest BCUT2D eigenvalue weighted by atomic mass is 32.2. The summed E-state index contributed by atoms with van der Waals surface area (Å²) in [6, 6.07) is 0. The number of halogens is 3. The van der Waals surface area contributed by atoms with Gasteiger partial charge in [0.15, 0.2) is 0 Å². The normalized spacial score (nSPS) is 21.4. The third-order valence-corrected chi connectivity index (χ3v) is 3.35. The summed E-state index contributed by atoms with van der Waals surface area (Å²) < 4.78 is 61.7. The Hall–Kier alpha value is -0.720. The lowest BCUT2D eigenvalue weighted by Gasteiger charge is -2.29. The fourth-order valence-corrected chi connectivity index (χ4v) is 2.01. The third kappa shape index (κ3) is 3.13. The zero-order valence-electron chi connectivity index (χ0n) is 8.97. The predicted octanol–water partition coefficient (Wildman–Crippen LogP) is 2.95. The highest BCUT2D eigenvalue weighted by molar-refractivity contribution is 7.87. The van der Waals surface area contributed by atoms with Crippen LogP contribution >= 0.6 is 0 Å². The predicted molar refractivity (Wildman–Crippen MR) is 51.8 cm³/mol. The maximum atomic E-state index is 12.0. The first-order chi connectivity index (χ1) is 7.04. The van der Waals surface area contributed by atoms with Gasteiger partial charge in [-0.1, -0.05) is 13.8 Å². The van der Waals surface area contributed by atoms with E-state index in [2.05, 4.69) is 4.18 Å². The molecule has 0 aromatic heterocycles. The molecule has 1 aliphatic carbocycles. The molecular formula is C9H13F3O3S. The van der Waals surface area contributed by atoms with Crippen LogP contribution in [0.5, 0.6) is 0 Å². The SMILES string of the molecule is CC1(C)CCC=C(OS(=O)(=O)C(F)(F)F)C1. The van der Waals surface area contributed by atoms with E-state index >= 15 is 0 Å². The fourth-order valence-electron chi connectivity index (χ4n) is 1.51. The van der Waals surface area contributed by atoms with E-state index in [1.807, 2.05) is 13.8 Å². The molecule has 0 bridgehead atoms. The minimum Gasteiger partial charge on any atom is -0.381 e. The van der Waals surface area contributed by atoms with E-state index in [0.29, 0.717) is 6.42 Å². The summed E-state index contributed by atoms with van der Waals surface area (Å²) in [5, 5.41) is 0. The molecule has 0 atom stereocenters. The molecule has 0 aliphatic heterocycles. The van der Waals surface area contributed by atoms with Crippen molar-refractivity contribution in [3.8, 4) is 0 Å². The zero-order valence-corrected chi connectivity index (χ0v) is 9.78. The van der Waals surface area contributed by atoms with Gasteiger partial charge >= 0.3 is 15.6 Å². The Labute approximate surface area is 92.4 Å². The van der Waals surface area contributed by atoms with Crippen LogP contribution in [-0.4, -0.2) is 13.9 Å². The van der Waals surface area contributed by atoms with Crippen molar-refractivity contribution in [2.45, 2.75) is 38.6 Å². The lowest BCUT2D eigenvalue weighted by atomic mass is 9.80. The van der Waals surface area contributed by atoms with Crippen molar-refractivity contribution in [2.24, 2.45) is 5.41 Å². The first-order valence-corrected chi connectivity index (χ1v) is 6.14. The first-order valence-electron chi connectivity index (χ1n) is 4.73. The molecule has 0 heterocycles. The van der Waals surface area contributed by atoms with E-state index < -0.39 is 15.6 Å². The quantitative estimate of drug-likeness (QED) is 0.565. The molecule has 0 saturated heterocycles. The maximum Gasteiger partial charge on any atom is 0.534 e. The van der Waals surface area contributed by atoms with Crippen LogP contribution in [0.2, 0.25) is 0 Å². The summed E-state index contributed by atoms with van der Waals surface area (Å²) >= 11 is 0.